The Bertz CT molecular complexity index is 380. The molecule has 98 valence electrons. The first-order chi connectivity index (χ1) is 8.79. The SMILES string of the molecule is CCCNC(=O)Cc1ccc(N2CCCC2)cc1. The standard InChI is InChI=1S/C15H22N2O/c1-2-9-16-15(18)12-13-5-7-14(8-6-13)17-10-3-4-11-17/h5-8H,2-4,9-12H2,1H3,(H,16,18). The highest BCUT2D eigenvalue weighted by Gasteiger charge is 2.12. The van der Waals surface area contributed by atoms with Crippen molar-refractivity contribution >= 4 is 11.6 Å². The van der Waals surface area contributed by atoms with E-state index < -0.39 is 0 Å². The van der Waals surface area contributed by atoms with Crippen molar-refractivity contribution < 1.29 is 4.79 Å². The van der Waals surface area contributed by atoms with Crippen LogP contribution in [0.1, 0.15) is 31.7 Å². The summed E-state index contributed by atoms with van der Waals surface area (Å²) >= 11 is 0. The van der Waals surface area contributed by atoms with Crippen LogP contribution in [0.2, 0.25) is 0 Å². The molecule has 0 radical (unpaired) electrons. The Morgan fingerprint density at radius 2 is 1.89 bits per heavy atom. The van der Waals surface area contributed by atoms with Crippen LogP contribution < -0.4 is 10.2 Å². The average Bonchev–Trinajstić information content (AvgIpc) is 2.91. The van der Waals surface area contributed by atoms with E-state index in [0.717, 1.165) is 31.6 Å². The van der Waals surface area contributed by atoms with E-state index in [9.17, 15) is 4.79 Å². The monoisotopic (exact) mass is 246 g/mol. The van der Waals surface area contributed by atoms with Gasteiger partial charge in [-0.2, -0.15) is 0 Å². The third-order valence-electron chi connectivity index (χ3n) is 3.34. The first kappa shape index (κ1) is 12.9. The number of benzene rings is 1. The number of carbonyl (C=O) groups is 1. The van der Waals surface area contributed by atoms with E-state index in [-0.39, 0.29) is 5.91 Å². The molecule has 3 nitrogen and oxygen atoms in total. The molecule has 0 saturated carbocycles. The lowest BCUT2D eigenvalue weighted by Crippen LogP contribution is -2.25. The fourth-order valence-corrected chi connectivity index (χ4v) is 2.31. The fourth-order valence-electron chi connectivity index (χ4n) is 2.31. The molecular weight excluding hydrogens is 224 g/mol. The van der Waals surface area contributed by atoms with E-state index in [0.29, 0.717) is 6.42 Å². The molecule has 0 atom stereocenters. The molecule has 1 heterocycles. The lowest BCUT2D eigenvalue weighted by atomic mass is 10.1. The zero-order chi connectivity index (χ0) is 12.8. The van der Waals surface area contributed by atoms with Gasteiger partial charge in [0, 0.05) is 25.3 Å². The van der Waals surface area contributed by atoms with E-state index in [1.807, 2.05) is 0 Å². The number of rotatable bonds is 5. The van der Waals surface area contributed by atoms with Gasteiger partial charge in [-0.1, -0.05) is 19.1 Å². The maximum Gasteiger partial charge on any atom is 0.224 e. The summed E-state index contributed by atoms with van der Waals surface area (Å²) < 4.78 is 0. The molecule has 0 aromatic heterocycles. The molecule has 0 aliphatic carbocycles. The van der Waals surface area contributed by atoms with Gasteiger partial charge in [0.1, 0.15) is 0 Å². The molecule has 0 unspecified atom stereocenters. The van der Waals surface area contributed by atoms with Crippen molar-refractivity contribution in [2.24, 2.45) is 0 Å². The molecule has 1 aromatic carbocycles. The quantitative estimate of drug-likeness (QED) is 0.865. The second kappa shape index (κ2) is 6.43. The summed E-state index contributed by atoms with van der Waals surface area (Å²) in [4.78, 5) is 14.0. The predicted octanol–water partition coefficient (Wildman–Crippen LogP) is 2.36. The topological polar surface area (TPSA) is 32.3 Å². The minimum atomic E-state index is 0.116. The number of nitrogens with one attached hydrogen (secondary N) is 1. The zero-order valence-corrected chi connectivity index (χ0v) is 11.1. The van der Waals surface area contributed by atoms with Gasteiger partial charge in [0.25, 0.3) is 0 Å². The summed E-state index contributed by atoms with van der Waals surface area (Å²) in [5, 5.41) is 2.90. The molecule has 1 fully saturated rings. The van der Waals surface area contributed by atoms with E-state index in [1.165, 1.54) is 18.5 Å². The highest BCUT2D eigenvalue weighted by Crippen LogP contribution is 2.20. The molecule has 18 heavy (non-hydrogen) atoms. The first-order valence-corrected chi connectivity index (χ1v) is 6.90. The van der Waals surface area contributed by atoms with E-state index in [4.69, 9.17) is 0 Å². The van der Waals surface area contributed by atoms with Crippen molar-refractivity contribution in [2.45, 2.75) is 32.6 Å². The largest absolute Gasteiger partial charge is 0.372 e. The highest BCUT2D eigenvalue weighted by molar-refractivity contribution is 5.78. The Morgan fingerprint density at radius 1 is 1.22 bits per heavy atom. The van der Waals surface area contributed by atoms with E-state index in [1.54, 1.807) is 0 Å². The van der Waals surface area contributed by atoms with Crippen LogP contribution in [0.4, 0.5) is 5.69 Å². The third kappa shape index (κ3) is 3.49. The van der Waals surface area contributed by atoms with Crippen LogP contribution >= 0.6 is 0 Å². The van der Waals surface area contributed by atoms with Crippen LogP contribution in [0.3, 0.4) is 0 Å². The Morgan fingerprint density at radius 3 is 2.50 bits per heavy atom. The summed E-state index contributed by atoms with van der Waals surface area (Å²) in [6, 6.07) is 8.40. The van der Waals surface area contributed by atoms with Gasteiger partial charge < -0.3 is 10.2 Å². The first-order valence-electron chi connectivity index (χ1n) is 6.90. The fraction of sp³-hybridized carbons (Fsp3) is 0.533. The van der Waals surface area contributed by atoms with Crippen LogP contribution in [-0.2, 0) is 11.2 Å². The zero-order valence-electron chi connectivity index (χ0n) is 11.1. The van der Waals surface area contributed by atoms with Gasteiger partial charge in [-0.3, -0.25) is 4.79 Å². The molecule has 2 rings (SSSR count). The lowest BCUT2D eigenvalue weighted by molar-refractivity contribution is -0.120. The molecule has 1 amide bonds. The van der Waals surface area contributed by atoms with Gasteiger partial charge in [-0.15, -0.1) is 0 Å². The van der Waals surface area contributed by atoms with Gasteiger partial charge >= 0.3 is 0 Å². The molecule has 1 aliphatic rings. The van der Waals surface area contributed by atoms with E-state index >= 15 is 0 Å². The van der Waals surface area contributed by atoms with Crippen molar-refractivity contribution in [3.8, 4) is 0 Å². The number of anilines is 1. The van der Waals surface area contributed by atoms with Gasteiger partial charge in [0.05, 0.1) is 6.42 Å². The molecule has 1 N–H and O–H groups in total. The molecule has 1 saturated heterocycles. The molecule has 0 bridgehead atoms. The summed E-state index contributed by atoms with van der Waals surface area (Å²) in [5.74, 6) is 0.116. The van der Waals surface area contributed by atoms with Crippen molar-refractivity contribution in [1.82, 2.24) is 5.32 Å². The highest BCUT2D eigenvalue weighted by atomic mass is 16.1. The van der Waals surface area contributed by atoms with Crippen LogP contribution in [0.5, 0.6) is 0 Å². The van der Waals surface area contributed by atoms with Crippen LogP contribution in [0, 0.1) is 0 Å². The third-order valence-corrected chi connectivity index (χ3v) is 3.34. The van der Waals surface area contributed by atoms with Gasteiger partial charge in [0.15, 0.2) is 0 Å². The number of carbonyl (C=O) groups excluding carboxylic acids is 1. The lowest BCUT2D eigenvalue weighted by Gasteiger charge is -2.17. The summed E-state index contributed by atoms with van der Waals surface area (Å²) in [5.41, 5.74) is 2.37. The van der Waals surface area contributed by atoms with Gasteiger partial charge in [0.2, 0.25) is 5.91 Å². The Labute approximate surface area is 109 Å². The van der Waals surface area contributed by atoms with Crippen LogP contribution in [0.25, 0.3) is 0 Å². The summed E-state index contributed by atoms with van der Waals surface area (Å²) in [6.45, 7) is 5.16. The summed E-state index contributed by atoms with van der Waals surface area (Å²) in [6.07, 6.45) is 4.06. The van der Waals surface area contributed by atoms with Crippen LogP contribution in [0.15, 0.2) is 24.3 Å². The normalized spacial score (nSPS) is 14.8. The molecule has 3 heteroatoms. The molecule has 0 spiro atoms. The second-order valence-electron chi connectivity index (χ2n) is 4.89. The van der Waals surface area contributed by atoms with Crippen molar-refractivity contribution in [2.75, 3.05) is 24.5 Å². The van der Waals surface area contributed by atoms with Crippen molar-refractivity contribution in [3.05, 3.63) is 29.8 Å². The minimum absolute atomic E-state index is 0.116. The Balaban J connectivity index is 1.88. The minimum Gasteiger partial charge on any atom is -0.372 e. The average molecular weight is 246 g/mol. The Hall–Kier alpha value is -1.51. The van der Waals surface area contributed by atoms with E-state index in [2.05, 4.69) is 41.4 Å². The Kier molecular flexibility index (Phi) is 4.62. The number of amides is 1. The van der Waals surface area contributed by atoms with Gasteiger partial charge in [-0.05, 0) is 37.0 Å². The predicted molar refractivity (Wildman–Crippen MR) is 74.9 cm³/mol. The summed E-state index contributed by atoms with van der Waals surface area (Å²) in [7, 11) is 0. The molecular formula is C15H22N2O. The van der Waals surface area contributed by atoms with Crippen molar-refractivity contribution in [1.29, 1.82) is 0 Å². The molecule has 1 aliphatic heterocycles. The number of hydrogen-bond acceptors (Lipinski definition) is 2. The van der Waals surface area contributed by atoms with Crippen molar-refractivity contribution in [3.63, 3.8) is 0 Å². The number of hydrogen-bond donors (Lipinski definition) is 1. The number of nitrogens with zero attached hydrogens (tertiary/aromatic N) is 1. The van der Waals surface area contributed by atoms with Crippen LogP contribution in [-0.4, -0.2) is 25.5 Å². The smallest absolute Gasteiger partial charge is 0.224 e. The maximum absolute atomic E-state index is 11.6. The second-order valence-corrected chi connectivity index (χ2v) is 4.89. The molecule has 1 aromatic rings. The van der Waals surface area contributed by atoms with Gasteiger partial charge in [-0.25, -0.2) is 0 Å². The maximum atomic E-state index is 11.6.